The van der Waals surface area contributed by atoms with Gasteiger partial charge in [-0.15, -0.1) is 0 Å². The fourth-order valence-corrected chi connectivity index (χ4v) is 2.32. The molecule has 1 aromatic heterocycles. The highest BCUT2D eigenvalue weighted by atomic mass is 16.5. The Balaban J connectivity index is 2.17. The number of aryl methyl sites for hydroxylation is 1. The first-order valence-electron chi connectivity index (χ1n) is 7.18. The van der Waals surface area contributed by atoms with Crippen LogP contribution in [0.2, 0.25) is 0 Å². The van der Waals surface area contributed by atoms with Crippen molar-refractivity contribution in [3.63, 3.8) is 0 Å². The van der Waals surface area contributed by atoms with Crippen LogP contribution in [-0.2, 0) is 17.4 Å². The van der Waals surface area contributed by atoms with Crippen LogP contribution in [0.15, 0.2) is 53.5 Å². The van der Waals surface area contributed by atoms with Crippen molar-refractivity contribution in [1.29, 1.82) is 0 Å². The zero-order valence-electron chi connectivity index (χ0n) is 13.2. The number of amides is 1. The van der Waals surface area contributed by atoms with E-state index in [-0.39, 0.29) is 24.3 Å². The zero-order valence-corrected chi connectivity index (χ0v) is 13.2. The van der Waals surface area contributed by atoms with Crippen molar-refractivity contribution in [2.45, 2.75) is 5.60 Å². The first kappa shape index (κ1) is 16.9. The summed E-state index contributed by atoms with van der Waals surface area (Å²) in [6.07, 6.45) is 1.57. The summed E-state index contributed by atoms with van der Waals surface area (Å²) in [6.45, 7) is -0.0498. The Morgan fingerprint density at radius 3 is 2.61 bits per heavy atom. The molecule has 1 atom stereocenters. The Bertz CT molecular complexity index is 727. The van der Waals surface area contributed by atoms with E-state index in [4.69, 9.17) is 4.74 Å². The third-order valence-electron chi connectivity index (χ3n) is 3.60. The first-order chi connectivity index (χ1) is 11.0. The molecule has 6 heteroatoms. The summed E-state index contributed by atoms with van der Waals surface area (Å²) in [5.74, 6) is -0.531. The van der Waals surface area contributed by atoms with Gasteiger partial charge in [0.15, 0.2) is 0 Å². The van der Waals surface area contributed by atoms with E-state index in [9.17, 15) is 14.7 Å². The fraction of sp³-hybridized carbons (Fsp3) is 0.294. The zero-order chi connectivity index (χ0) is 16.9. The minimum atomic E-state index is -1.37. The van der Waals surface area contributed by atoms with Crippen molar-refractivity contribution in [1.82, 2.24) is 9.88 Å². The minimum Gasteiger partial charge on any atom is -0.381 e. The number of hydrogen-bond donors (Lipinski definition) is 2. The third kappa shape index (κ3) is 3.85. The largest absolute Gasteiger partial charge is 0.381 e. The van der Waals surface area contributed by atoms with E-state index in [2.05, 4.69) is 5.32 Å². The molecule has 122 valence electrons. The fourth-order valence-electron chi connectivity index (χ4n) is 2.32. The predicted molar refractivity (Wildman–Crippen MR) is 86.2 cm³/mol. The molecule has 1 amide bonds. The molecule has 0 bridgehead atoms. The lowest BCUT2D eigenvalue weighted by Crippen LogP contribution is -2.45. The van der Waals surface area contributed by atoms with Crippen molar-refractivity contribution >= 4 is 5.91 Å². The Morgan fingerprint density at radius 2 is 1.96 bits per heavy atom. The summed E-state index contributed by atoms with van der Waals surface area (Å²) in [7, 11) is 3.05. The Labute approximate surface area is 134 Å². The maximum absolute atomic E-state index is 12.2. The topological polar surface area (TPSA) is 80.6 Å². The van der Waals surface area contributed by atoms with Gasteiger partial charge in [0.2, 0.25) is 0 Å². The number of benzene rings is 1. The van der Waals surface area contributed by atoms with E-state index in [0.717, 1.165) is 0 Å². The molecule has 0 aliphatic carbocycles. The van der Waals surface area contributed by atoms with Crippen LogP contribution < -0.4 is 10.9 Å². The van der Waals surface area contributed by atoms with E-state index < -0.39 is 11.5 Å². The van der Waals surface area contributed by atoms with Crippen molar-refractivity contribution in [2.75, 3.05) is 20.3 Å². The molecule has 0 radical (unpaired) electrons. The monoisotopic (exact) mass is 316 g/mol. The van der Waals surface area contributed by atoms with E-state index in [0.29, 0.717) is 5.56 Å². The molecule has 0 aliphatic rings. The molecule has 2 N–H and O–H groups in total. The normalized spacial score (nSPS) is 13.3. The number of rotatable bonds is 6. The lowest BCUT2D eigenvalue weighted by atomic mass is 9.94. The molecular formula is C17H20N2O4. The van der Waals surface area contributed by atoms with E-state index in [1.54, 1.807) is 43.6 Å². The van der Waals surface area contributed by atoms with Crippen molar-refractivity contribution in [2.24, 2.45) is 7.05 Å². The number of nitrogens with one attached hydrogen (secondary N) is 1. The number of carbonyl (C=O) groups is 1. The van der Waals surface area contributed by atoms with Crippen LogP contribution in [0.1, 0.15) is 15.9 Å². The molecule has 1 aromatic carbocycles. The Morgan fingerprint density at radius 1 is 1.26 bits per heavy atom. The minimum absolute atomic E-state index is 0.0179. The molecule has 0 spiro atoms. The maximum Gasteiger partial charge on any atom is 0.263 e. The summed E-state index contributed by atoms with van der Waals surface area (Å²) in [5.41, 5.74) is -1.10. The van der Waals surface area contributed by atoms with Gasteiger partial charge in [-0.3, -0.25) is 9.59 Å². The second-order valence-electron chi connectivity index (χ2n) is 5.35. The van der Waals surface area contributed by atoms with Gasteiger partial charge in [0.05, 0.1) is 13.2 Å². The standard InChI is InChI=1S/C17H20N2O4/c1-19-10-6-9-14(16(19)21)15(20)18-11-17(22,12-23-2)13-7-4-3-5-8-13/h3-10,22H,11-12H2,1-2H3,(H,18,20). The number of carbonyl (C=O) groups excluding carboxylic acids is 1. The summed E-state index contributed by atoms with van der Waals surface area (Å²) in [4.78, 5) is 24.2. The first-order valence-corrected chi connectivity index (χ1v) is 7.18. The van der Waals surface area contributed by atoms with Gasteiger partial charge in [-0.05, 0) is 17.7 Å². The number of hydrogen-bond acceptors (Lipinski definition) is 4. The van der Waals surface area contributed by atoms with Crippen LogP contribution in [0.5, 0.6) is 0 Å². The smallest absolute Gasteiger partial charge is 0.263 e. The molecule has 0 fully saturated rings. The lowest BCUT2D eigenvalue weighted by Gasteiger charge is -2.28. The second kappa shape index (κ2) is 7.21. The summed E-state index contributed by atoms with van der Waals surface area (Å²) in [6, 6.07) is 12.0. The van der Waals surface area contributed by atoms with Gasteiger partial charge < -0.3 is 19.7 Å². The van der Waals surface area contributed by atoms with E-state index in [1.165, 1.54) is 17.7 Å². The molecule has 2 rings (SSSR count). The van der Waals surface area contributed by atoms with E-state index >= 15 is 0 Å². The molecule has 23 heavy (non-hydrogen) atoms. The quantitative estimate of drug-likeness (QED) is 0.820. The number of pyridine rings is 1. The van der Waals surface area contributed by atoms with Gasteiger partial charge in [0.1, 0.15) is 11.2 Å². The van der Waals surface area contributed by atoms with Crippen LogP contribution >= 0.6 is 0 Å². The molecule has 0 saturated heterocycles. The highest BCUT2D eigenvalue weighted by Crippen LogP contribution is 2.20. The number of aliphatic hydroxyl groups is 1. The summed E-state index contributed by atoms with van der Waals surface area (Å²) >= 11 is 0. The summed E-state index contributed by atoms with van der Waals surface area (Å²) in [5, 5.41) is 13.4. The Hall–Kier alpha value is -2.44. The molecule has 0 saturated carbocycles. The van der Waals surface area contributed by atoms with Gasteiger partial charge in [-0.25, -0.2) is 0 Å². The second-order valence-corrected chi connectivity index (χ2v) is 5.35. The van der Waals surface area contributed by atoms with Gasteiger partial charge in [-0.1, -0.05) is 30.3 Å². The number of nitrogens with zero attached hydrogens (tertiary/aromatic N) is 1. The SMILES string of the molecule is COCC(O)(CNC(=O)c1cccn(C)c1=O)c1ccccc1. The van der Waals surface area contributed by atoms with Crippen LogP contribution in [0.3, 0.4) is 0 Å². The maximum atomic E-state index is 12.2. The van der Waals surface area contributed by atoms with Gasteiger partial charge >= 0.3 is 0 Å². The van der Waals surface area contributed by atoms with Crippen LogP contribution in [0, 0.1) is 0 Å². The van der Waals surface area contributed by atoms with E-state index in [1.807, 2.05) is 6.07 Å². The van der Waals surface area contributed by atoms with Crippen LogP contribution in [0.4, 0.5) is 0 Å². The average Bonchev–Trinajstić information content (AvgIpc) is 2.56. The van der Waals surface area contributed by atoms with Crippen molar-refractivity contribution < 1.29 is 14.6 Å². The predicted octanol–water partition coefficient (Wildman–Crippen LogP) is 0.649. The van der Waals surface area contributed by atoms with Gasteiger partial charge in [-0.2, -0.15) is 0 Å². The molecule has 1 heterocycles. The number of ether oxygens (including phenoxy) is 1. The number of methoxy groups -OCH3 is 1. The van der Waals surface area contributed by atoms with Crippen LogP contribution in [0.25, 0.3) is 0 Å². The lowest BCUT2D eigenvalue weighted by molar-refractivity contribution is -0.0334. The molecule has 2 aromatic rings. The van der Waals surface area contributed by atoms with Crippen LogP contribution in [-0.4, -0.2) is 35.8 Å². The van der Waals surface area contributed by atoms with Crippen molar-refractivity contribution in [3.8, 4) is 0 Å². The Kier molecular flexibility index (Phi) is 5.31. The van der Waals surface area contributed by atoms with Crippen molar-refractivity contribution in [3.05, 3.63) is 70.1 Å². The molecular weight excluding hydrogens is 296 g/mol. The highest BCUT2D eigenvalue weighted by Gasteiger charge is 2.30. The van der Waals surface area contributed by atoms with Gasteiger partial charge in [0, 0.05) is 20.4 Å². The average molecular weight is 316 g/mol. The molecule has 1 unspecified atom stereocenters. The number of aromatic nitrogens is 1. The molecule has 6 nitrogen and oxygen atoms in total. The highest BCUT2D eigenvalue weighted by molar-refractivity contribution is 5.93. The van der Waals surface area contributed by atoms with Gasteiger partial charge in [0.25, 0.3) is 11.5 Å². The molecule has 0 aliphatic heterocycles. The third-order valence-corrected chi connectivity index (χ3v) is 3.60. The summed E-state index contributed by atoms with van der Waals surface area (Å²) < 4.78 is 6.40.